The molecular weight excluding hydrogens is 272 g/mol. The molecule has 0 amide bonds. The summed E-state index contributed by atoms with van der Waals surface area (Å²) < 4.78 is 26.9. The number of fused-ring (bicyclic) bond motifs is 2. The first-order valence-electron chi connectivity index (χ1n) is 7.30. The van der Waals surface area contributed by atoms with Crippen molar-refractivity contribution in [2.24, 2.45) is 5.92 Å². The summed E-state index contributed by atoms with van der Waals surface area (Å²) in [6.45, 7) is 1.51. The lowest BCUT2D eigenvalue weighted by atomic mass is 10.1. The number of benzene rings is 1. The van der Waals surface area contributed by atoms with Crippen LogP contribution in [0.1, 0.15) is 30.4 Å². The van der Waals surface area contributed by atoms with Crippen LogP contribution in [0, 0.1) is 5.92 Å². The minimum absolute atomic E-state index is 0.133. The molecular formula is C15H22N2O2S. The first-order chi connectivity index (χ1) is 9.58. The van der Waals surface area contributed by atoms with Crippen LogP contribution in [0.5, 0.6) is 0 Å². The number of piperidine rings is 1. The van der Waals surface area contributed by atoms with Gasteiger partial charge in [-0.1, -0.05) is 24.3 Å². The van der Waals surface area contributed by atoms with Gasteiger partial charge in [-0.3, -0.25) is 0 Å². The average Bonchev–Trinajstić information content (AvgIpc) is 3.01. The van der Waals surface area contributed by atoms with E-state index in [1.54, 1.807) is 4.31 Å². The molecule has 2 unspecified atom stereocenters. The van der Waals surface area contributed by atoms with Crippen LogP contribution in [-0.2, 0) is 22.3 Å². The van der Waals surface area contributed by atoms with Gasteiger partial charge in [-0.05, 0) is 43.4 Å². The van der Waals surface area contributed by atoms with Crippen molar-refractivity contribution in [3.8, 4) is 0 Å². The van der Waals surface area contributed by atoms with Gasteiger partial charge >= 0.3 is 0 Å². The smallest absolute Gasteiger partial charge is 0.218 e. The zero-order chi connectivity index (χ0) is 14.2. The van der Waals surface area contributed by atoms with Crippen LogP contribution in [-0.4, -0.2) is 32.4 Å². The van der Waals surface area contributed by atoms with Crippen molar-refractivity contribution >= 4 is 10.0 Å². The molecule has 1 heterocycles. The third-order valence-corrected chi connectivity index (χ3v) is 6.30. The number of hydrogen-bond acceptors (Lipinski definition) is 3. The molecule has 110 valence electrons. The second kappa shape index (κ2) is 5.47. The Morgan fingerprint density at radius 3 is 2.75 bits per heavy atom. The topological polar surface area (TPSA) is 49.4 Å². The predicted octanol–water partition coefficient (Wildman–Crippen LogP) is 1.72. The fourth-order valence-corrected chi connectivity index (χ4v) is 5.40. The van der Waals surface area contributed by atoms with Crippen LogP contribution in [0.15, 0.2) is 24.3 Å². The minimum atomic E-state index is -3.16. The highest BCUT2D eigenvalue weighted by atomic mass is 32.2. The second-order valence-corrected chi connectivity index (χ2v) is 7.93. The van der Waals surface area contributed by atoms with E-state index in [-0.39, 0.29) is 11.8 Å². The molecule has 4 nitrogen and oxygen atoms in total. The fraction of sp³-hybridized carbons (Fsp3) is 0.600. The molecule has 1 aliphatic carbocycles. The Bertz CT molecular complexity index is 585. The Hall–Kier alpha value is -0.910. The standard InChI is InChI=1S/C15H22N2O2S/c1-16-9-12-3-2-4-14(7-12)11-20(18,19)17-10-13-5-6-15(17)8-13/h2-4,7,13,15-16H,5-6,8-11H2,1H3. The van der Waals surface area contributed by atoms with Crippen LogP contribution >= 0.6 is 0 Å². The van der Waals surface area contributed by atoms with Gasteiger partial charge in [0.15, 0.2) is 0 Å². The van der Waals surface area contributed by atoms with Gasteiger partial charge in [0, 0.05) is 19.1 Å². The summed E-state index contributed by atoms with van der Waals surface area (Å²) in [4.78, 5) is 0. The van der Waals surface area contributed by atoms with Crippen molar-refractivity contribution < 1.29 is 8.42 Å². The highest BCUT2D eigenvalue weighted by molar-refractivity contribution is 7.88. The Kier molecular flexibility index (Phi) is 3.84. The number of hydrogen-bond donors (Lipinski definition) is 1. The van der Waals surface area contributed by atoms with Crippen molar-refractivity contribution in [1.29, 1.82) is 0 Å². The third kappa shape index (κ3) is 2.75. The van der Waals surface area contributed by atoms with E-state index in [1.165, 1.54) is 6.42 Å². The van der Waals surface area contributed by atoms with Gasteiger partial charge in [0.05, 0.1) is 5.75 Å². The van der Waals surface area contributed by atoms with E-state index in [0.717, 1.165) is 37.1 Å². The normalized spacial score (nSPS) is 26.2. The van der Waals surface area contributed by atoms with E-state index >= 15 is 0 Å². The molecule has 5 heteroatoms. The number of sulfonamides is 1. The van der Waals surface area contributed by atoms with E-state index in [9.17, 15) is 8.42 Å². The fourth-order valence-electron chi connectivity index (χ4n) is 3.55. The Labute approximate surface area is 121 Å². The highest BCUT2D eigenvalue weighted by Gasteiger charge is 2.43. The molecule has 1 aliphatic heterocycles. The van der Waals surface area contributed by atoms with Gasteiger partial charge in [0.1, 0.15) is 0 Å². The lowest BCUT2D eigenvalue weighted by Crippen LogP contribution is -2.38. The highest BCUT2D eigenvalue weighted by Crippen LogP contribution is 2.39. The SMILES string of the molecule is CNCc1cccc(CS(=O)(=O)N2CC3CCC2C3)c1. The van der Waals surface area contributed by atoms with Gasteiger partial charge < -0.3 is 5.32 Å². The Morgan fingerprint density at radius 1 is 1.30 bits per heavy atom. The molecule has 0 radical (unpaired) electrons. The zero-order valence-corrected chi connectivity index (χ0v) is 12.7. The van der Waals surface area contributed by atoms with Crippen LogP contribution in [0.3, 0.4) is 0 Å². The molecule has 1 aromatic rings. The molecule has 0 aromatic heterocycles. The molecule has 1 saturated carbocycles. The number of nitrogens with one attached hydrogen (secondary N) is 1. The van der Waals surface area contributed by atoms with Crippen LogP contribution in [0.25, 0.3) is 0 Å². The van der Waals surface area contributed by atoms with Crippen molar-refractivity contribution in [2.45, 2.75) is 37.6 Å². The molecule has 2 fully saturated rings. The van der Waals surface area contributed by atoms with E-state index in [0.29, 0.717) is 5.92 Å². The number of rotatable bonds is 5. The first-order valence-corrected chi connectivity index (χ1v) is 8.91. The van der Waals surface area contributed by atoms with E-state index in [1.807, 2.05) is 31.3 Å². The summed E-state index contributed by atoms with van der Waals surface area (Å²) in [5.41, 5.74) is 2.02. The molecule has 2 atom stereocenters. The molecule has 0 spiro atoms. The van der Waals surface area contributed by atoms with Gasteiger partial charge in [0.2, 0.25) is 10.0 Å². The van der Waals surface area contributed by atoms with Crippen molar-refractivity contribution in [1.82, 2.24) is 9.62 Å². The first kappa shape index (κ1) is 14.0. The van der Waals surface area contributed by atoms with Gasteiger partial charge in [-0.15, -0.1) is 0 Å². The van der Waals surface area contributed by atoms with Crippen LogP contribution in [0.2, 0.25) is 0 Å². The molecule has 20 heavy (non-hydrogen) atoms. The Morgan fingerprint density at radius 2 is 2.10 bits per heavy atom. The molecule has 2 bridgehead atoms. The number of nitrogens with zero attached hydrogens (tertiary/aromatic N) is 1. The molecule has 1 N–H and O–H groups in total. The maximum absolute atomic E-state index is 12.6. The van der Waals surface area contributed by atoms with Gasteiger partial charge in [0.25, 0.3) is 0 Å². The minimum Gasteiger partial charge on any atom is -0.316 e. The molecule has 1 aromatic carbocycles. The van der Waals surface area contributed by atoms with Crippen molar-refractivity contribution in [3.05, 3.63) is 35.4 Å². The summed E-state index contributed by atoms with van der Waals surface area (Å²) in [7, 11) is -1.27. The summed E-state index contributed by atoms with van der Waals surface area (Å²) >= 11 is 0. The lowest BCUT2D eigenvalue weighted by Gasteiger charge is -2.26. The van der Waals surface area contributed by atoms with Crippen molar-refractivity contribution in [3.63, 3.8) is 0 Å². The Balaban J connectivity index is 1.74. The molecule has 1 saturated heterocycles. The third-order valence-electron chi connectivity index (χ3n) is 4.44. The summed E-state index contributed by atoms with van der Waals surface area (Å²) in [5, 5.41) is 3.09. The maximum Gasteiger partial charge on any atom is 0.218 e. The second-order valence-electron chi connectivity index (χ2n) is 6.01. The van der Waals surface area contributed by atoms with Gasteiger partial charge in [-0.2, -0.15) is 4.31 Å². The predicted molar refractivity (Wildman–Crippen MR) is 79.7 cm³/mol. The van der Waals surface area contributed by atoms with Gasteiger partial charge in [-0.25, -0.2) is 8.42 Å². The van der Waals surface area contributed by atoms with E-state index in [2.05, 4.69) is 5.32 Å². The van der Waals surface area contributed by atoms with E-state index < -0.39 is 10.0 Å². The van der Waals surface area contributed by atoms with Crippen molar-refractivity contribution in [2.75, 3.05) is 13.6 Å². The summed E-state index contributed by atoms with van der Waals surface area (Å²) in [5.74, 6) is 0.735. The quantitative estimate of drug-likeness (QED) is 0.899. The van der Waals surface area contributed by atoms with Crippen LogP contribution < -0.4 is 5.32 Å². The monoisotopic (exact) mass is 294 g/mol. The summed E-state index contributed by atoms with van der Waals surface area (Å²) in [6, 6.07) is 8.12. The summed E-state index contributed by atoms with van der Waals surface area (Å²) in [6.07, 6.45) is 3.32. The maximum atomic E-state index is 12.6. The largest absolute Gasteiger partial charge is 0.316 e. The van der Waals surface area contributed by atoms with E-state index in [4.69, 9.17) is 0 Å². The zero-order valence-electron chi connectivity index (χ0n) is 11.9. The molecule has 2 aliphatic rings. The average molecular weight is 294 g/mol. The van der Waals surface area contributed by atoms with Crippen LogP contribution in [0.4, 0.5) is 0 Å². The molecule has 3 rings (SSSR count). The lowest BCUT2D eigenvalue weighted by molar-refractivity contribution is 0.333.